The van der Waals surface area contributed by atoms with Crippen molar-refractivity contribution in [3.8, 4) is 0 Å². The molecule has 1 fully saturated rings. The van der Waals surface area contributed by atoms with Crippen molar-refractivity contribution in [2.75, 3.05) is 13.1 Å². The van der Waals surface area contributed by atoms with Crippen molar-refractivity contribution in [1.82, 2.24) is 24.5 Å². The van der Waals surface area contributed by atoms with Gasteiger partial charge in [-0.2, -0.15) is 14.6 Å². The monoisotopic (exact) mass is 429 g/mol. The van der Waals surface area contributed by atoms with E-state index in [-0.39, 0.29) is 34.8 Å². The number of aryl methyl sites for hydroxylation is 1. The predicted molar refractivity (Wildman–Crippen MR) is 104 cm³/mol. The summed E-state index contributed by atoms with van der Waals surface area (Å²) >= 11 is 0. The minimum atomic E-state index is -2.72. The Morgan fingerprint density at radius 3 is 2.90 bits per heavy atom. The van der Waals surface area contributed by atoms with Gasteiger partial charge in [-0.1, -0.05) is 0 Å². The number of nitrogens with zero attached hydrogens (tertiary/aromatic N) is 5. The lowest BCUT2D eigenvalue weighted by Crippen LogP contribution is -2.39. The van der Waals surface area contributed by atoms with Crippen LogP contribution >= 0.6 is 0 Å². The fourth-order valence-electron chi connectivity index (χ4n) is 4.62. The van der Waals surface area contributed by atoms with Crippen LogP contribution in [0.2, 0.25) is 0 Å². The summed E-state index contributed by atoms with van der Waals surface area (Å²) in [5.74, 6) is 0.444. The highest BCUT2D eigenvalue weighted by Gasteiger charge is 2.33. The quantitative estimate of drug-likeness (QED) is 0.633. The van der Waals surface area contributed by atoms with Crippen LogP contribution in [0.5, 0.6) is 0 Å². The number of alkyl halides is 2. The van der Waals surface area contributed by atoms with Gasteiger partial charge in [0.2, 0.25) is 0 Å². The third-order valence-corrected chi connectivity index (χ3v) is 6.15. The van der Waals surface area contributed by atoms with E-state index >= 15 is 0 Å². The number of rotatable bonds is 3. The highest BCUT2D eigenvalue weighted by molar-refractivity contribution is 6.03. The Morgan fingerprint density at radius 1 is 1.29 bits per heavy atom. The fourth-order valence-corrected chi connectivity index (χ4v) is 4.62. The molecule has 1 aliphatic carbocycles. The van der Waals surface area contributed by atoms with E-state index in [4.69, 9.17) is 4.42 Å². The molecule has 1 aliphatic heterocycles. The number of hydrogen-bond donors (Lipinski definition) is 0. The number of likely N-dealkylation sites (tertiary alicyclic amines) is 1. The average molecular weight is 429 g/mol. The van der Waals surface area contributed by atoms with Gasteiger partial charge >= 0.3 is 0 Å². The van der Waals surface area contributed by atoms with Crippen LogP contribution in [0.15, 0.2) is 16.8 Å². The van der Waals surface area contributed by atoms with Crippen LogP contribution in [-0.2, 0) is 6.42 Å². The van der Waals surface area contributed by atoms with Gasteiger partial charge in [-0.25, -0.2) is 13.8 Å². The molecule has 1 amide bonds. The molecule has 0 aromatic carbocycles. The molecular weight excluding hydrogens is 408 g/mol. The summed E-state index contributed by atoms with van der Waals surface area (Å²) in [5, 5.41) is 3.82. The number of piperidine rings is 1. The van der Waals surface area contributed by atoms with Crippen molar-refractivity contribution < 1.29 is 22.8 Å². The standard InChI is InChI=1S/C21H21F2N5O3/c1-11-17-15(29)5-2-6-16(17)31-18(11)20(30)27-7-3-4-12(9-27)13-8-14(19(22)23)28-21(26-13)24-10-25-28/h8,10,12,19H,2-7,9H2,1H3/t12-/m0/s1. The lowest BCUT2D eigenvalue weighted by atomic mass is 9.92. The SMILES string of the molecule is Cc1c(C(=O)N2CCC[C@H](c3cc(C(F)F)n4ncnc4n3)C2)oc2c1C(=O)CCC2. The lowest BCUT2D eigenvalue weighted by Gasteiger charge is -2.32. The Hall–Kier alpha value is -3.17. The first-order valence-corrected chi connectivity index (χ1v) is 10.4. The number of carbonyl (C=O) groups excluding carboxylic acids is 2. The average Bonchev–Trinajstić information content (AvgIpc) is 3.37. The molecule has 1 atom stereocenters. The number of Topliss-reactive ketones (excluding diaryl/α,β-unsaturated/α-hetero) is 1. The summed E-state index contributed by atoms with van der Waals surface area (Å²) in [6, 6.07) is 1.35. The van der Waals surface area contributed by atoms with Gasteiger partial charge in [-0.15, -0.1) is 0 Å². The van der Waals surface area contributed by atoms with Crippen molar-refractivity contribution in [3.05, 3.63) is 46.4 Å². The zero-order valence-corrected chi connectivity index (χ0v) is 17.0. The molecule has 5 rings (SSSR count). The van der Waals surface area contributed by atoms with E-state index in [0.29, 0.717) is 54.9 Å². The van der Waals surface area contributed by atoms with Crippen LogP contribution in [-0.4, -0.2) is 49.3 Å². The largest absolute Gasteiger partial charge is 0.455 e. The molecule has 3 aromatic heterocycles. The van der Waals surface area contributed by atoms with Crippen LogP contribution in [0.25, 0.3) is 5.78 Å². The summed E-state index contributed by atoms with van der Waals surface area (Å²) < 4.78 is 33.9. The van der Waals surface area contributed by atoms with Crippen molar-refractivity contribution in [3.63, 3.8) is 0 Å². The number of hydrogen-bond acceptors (Lipinski definition) is 6. The Labute approximate surface area is 176 Å². The van der Waals surface area contributed by atoms with Gasteiger partial charge in [0.1, 0.15) is 17.8 Å². The summed E-state index contributed by atoms with van der Waals surface area (Å²) in [5.41, 5.74) is 1.34. The van der Waals surface area contributed by atoms with E-state index in [2.05, 4.69) is 15.1 Å². The molecule has 0 spiro atoms. The second kappa shape index (κ2) is 7.51. The molecule has 1 saturated heterocycles. The summed E-state index contributed by atoms with van der Waals surface area (Å²) in [6.07, 6.45) is 1.74. The molecule has 0 bridgehead atoms. The minimum absolute atomic E-state index is 0.0170. The van der Waals surface area contributed by atoms with E-state index in [1.807, 2.05) is 0 Å². The third-order valence-electron chi connectivity index (χ3n) is 6.15. The number of halogens is 2. The summed E-state index contributed by atoms with van der Waals surface area (Å²) in [4.78, 5) is 35.5. The van der Waals surface area contributed by atoms with E-state index in [1.165, 1.54) is 12.4 Å². The van der Waals surface area contributed by atoms with Gasteiger partial charge in [0.25, 0.3) is 18.1 Å². The Morgan fingerprint density at radius 2 is 2.13 bits per heavy atom. The van der Waals surface area contributed by atoms with Gasteiger partial charge in [-0.3, -0.25) is 9.59 Å². The number of carbonyl (C=O) groups is 2. The second-order valence-corrected chi connectivity index (χ2v) is 8.10. The first-order valence-electron chi connectivity index (χ1n) is 10.4. The molecule has 31 heavy (non-hydrogen) atoms. The van der Waals surface area contributed by atoms with Crippen LogP contribution in [0.1, 0.15) is 81.7 Å². The van der Waals surface area contributed by atoms with Crippen molar-refractivity contribution in [2.45, 2.75) is 51.4 Å². The normalized spacial score (nSPS) is 19.3. The fraction of sp³-hybridized carbons (Fsp3) is 0.476. The highest BCUT2D eigenvalue weighted by atomic mass is 19.3. The first-order chi connectivity index (χ1) is 14.9. The maximum Gasteiger partial charge on any atom is 0.289 e. The molecule has 0 N–H and O–H groups in total. The Balaban J connectivity index is 1.43. The molecule has 8 nitrogen and oxygen atoms in total. The molecule has 3 aromatic rings. The molecule has 0 unspecified atom stereocenters. The van der Waals surface area contributed by atoms with Crippen molar-refractivity contribution >= 4 is 17.5 Å². The Bertz CT molecular complexity index is 1190. The van der Waals surface area contributed by atoms with Gasteiger partial charge in [0.05, 0.1) is 11.3 Å². The zero-order chi connectivity index (χ0) is 21.7. The predicted octanol–water partition coefficient (Wildman–Crippen LogP) is 3.50. The Kier molecular flexibility index (Phi) is 4.79. The smallest absolute Gasteiger partial charge is 0.289 e. The van der Waals surface area contributed by atoms with Crippen LogP contribution in [0, 0.1) is 6.92 Å². The third kappa shape index (κ3) is 3.30. The molecule has 4 heterocycles. The second-order valence-electron chi connectivity index (χ2n) is 8.10. The maximum absolute atomic E-state index is 13.5. The number of furan rings is 1. The number of aromatic nitrogens is 4. The van der Waals surface area contributed by atoms with Gasteiger partial charge in [-0.05, 0) is 32.3 Å². The highest BCUT2D eigenvalue weighted by Crippen LogP contribution is 2.33. The molecule has 162 valence electrons. The lowest BCUT2D eigenvalue weighted by molar-refractivity contribution is 0.0669. The van der Waals surface area contributed by atoms with Crippen LogP contribution < -0.4 is 0 Å². The molecule has 0 saturated carbocycles. The summed E-state index contributed by atoms with van der Waals surface area (Å²) in [6.45, 7) is 2.61. The number of ketones is 1. The van der Waals surface area contributed by atoms with Gasteiger partial charge < -0.3 is 9.32 Å². The number of amides is 1. The van der Waals surface area contributed by atoms with E-state index in [1.54, 1.807) is 11.8 Å². The minimum Gasteiger partial charge on any atom is -0.455 e. The molecular formula is C21H21F2N5O3. The van der Waals surface area contributed by atoms with Gasteiger partial charge in [0.15, 0.2) is 11.5 Å². The van der Waals surface area contributed by atoms with E-state index in [0.717, 1.165) is 17.4 Å². The van der Waals surface area contributed by atoms with Crippen LogP contribution in [0.3, 0.4) is 0 Å². The molecule has 2 aliphatic rings. The molecule has 10 heteroatoms. The van der Waals surface area contributed by atoms with Crippen LogP contribution in [0.4, 0.5) is 8.78 Å². The summed E-state index contributed by atoms with van der Waals surface area (Å²) in [7, 11) is 0. The van der Waals surface area contributed by atoms with Crippen molar-refractivity contribution in [2.24, 2.45) is 0 Å². The zero-order valence-electron chi connectivity index (χ0n) is 17.0. The van der Waals surface area contributed by atoms with E-state index < -0.39 is 6.43 Å². The van der Waals surface area contributed by atoms with Crippen molar-refractivity contribution in [1.29, 1.82) is 0 Å². The van der Waals surface area contributed by atoms with Gasteiger partial charge in [0, 0.05) is 37.4 Å². The maximum atomic E-state index is 13.5. The first kappa shape index (κ1) is 19.8. The topological polar surface area (TPSA) is 93.6 Å². The number of fused-ring (bicyclic) bond motifs is 2. The molecule has 0 radical (unpaired) electrons. The van der Waals surface area contributed by atoms with E-state index in [9.17, 15) is 18.4 Å².